The van der Waals surface area contributed by atoms with Gasteiger partial charge in [0.1, 0.15) is 5.57 Å². The molecule has 1 saturated heterocycles. The van der Waals surface area contributed by atoms with Crippen molar-refractivity contribution < 1.29 is 14.4 Å². The van der Waals surface area contributed by atoms with E-state index in [0.29, 0.717) is 22.0 Å². The lowest BCUT2D eigenvalue weighted by molar-refractivity contribution is -0.121. The molecule has 0 aliphatic carbocycles. The first-order chi connectivity index (χ1) is 17.5. The highest BCUT2D eigenvalue weighted by molar-refractivity contribution is 7.99. The number of rotatable bonds is 5. The van der Waals surface area contributed by atoms with Crippen molar-refractivity contribution >= 4 is 58.7 Å². The molecule has 0 spiro atoms. The van der Waals surface area contributed by atoms with Crippen molar-refractivity contribution in [2.45, 2.75) is 9.79 Å². The van der Waals surface area contributed by atoms with Crippen molar-refractivity contribution in [3.63, 3.8) is 0 Å². The van der Waals surface area contributed by atoms with Gasteiger partial charge < -0.3 is 0 Å². The number of para-hydroxylation sites is 2. The van der Waals surface area contributed by atoms with E-state index in [1.54, 1.807) is 72.4 Å². The van der Waals surface area contributed by atoms with Crippen molar-refractivity contribution in [2.75, 3.05) is 9.80 Å². The summed E-state index contributed by atoms with van der Waals surface area (Å²) in [6.07, 6.45) is 1.53. The average molecular weight is 511 g/mol. The van der Waals surface area contributed by atoms with Gasteiger partial charge in [-0.3, -0.25) is 9.59 Å². The van der Waals surface area contributed by atoms with Gasteiger partial charge in [0, 0.05) is 14.8 Å². The van der Waals surface area contributed by atoms with E-state index in [0.717, 1.165) is 19.6 Å². The zero-order valence-electron chi connectivity index (χ0n) is 18.9. The Morgan fingerprint density at radius 3 is 1.50 bits per heavy atom. The minimum Gasteiger partial charge on any atom is -0.268 e. The van der Waals surface area contributed by atoms with Gasteiger partial charge in [-0.25, -0.2) is 14.6 Å². The maximum atomic E-state index is 13.4. The molecule has 5 nitrogen and oxygen atoms in total. The number of nitrogens with zero attached hydrogens (tertiary/aromatic N) is 2. The van der Waals surface area contributed by atoms with Crippen LogP contribution in [0.15, 0.2) is 125 Å². The second-order valence-corrected chi connectivity index (χ2v) is 9.50. The van der Waals surface area contributed by atoms with Crippen LogP contribution in [0.25, 0.3) is 6.08 Å². The first kappa shape index (κ1) is 23.6. The Labute approximate surface area is 217 Å². The fourth-order valence-electron chi connectivity index (χ4n) is 3.78. The first-order valence-electron chi connectivity index (χ1n) is 11.1. The lowest BCUT2D eigenvalue weighted by Crippen LogP contribution is -2.57. The van der Waals surface area contributed by atoms with Gasteiger partial charge in [0.25, 0.3) is 11.8 Å². The molecule has 0 unspecified atom stereocenters. The Kier molecular flexibility index (Phi) is 6.71. The average Bonchev–Trinajstić information content (AvgIpc) is 2.90. The molecule has 4 aromatic rings. The molecule has 36 heavy (non-hydrogen) atoms. The molecule has 4 amide bonds. The molecule has 0 atom stereocenters. The smallest absolute Gasteiger partial charge is 0.268 e. The van der Waals surface area contributed by atoms with Crippen LogP contribution in [0, 0.1) is 0 Å². The molecule has 7 heteroatoms. The van der Waals surface area contributed by atoms with Gasteiger partial charge in [0.05, 0.1) is 11.4 Å². The summed E-state index contributed by atoms with van der Waals surface area (Å²) < 4.78 is 0. The van der Waals surface area contributed by atoms with Crippen molar-refractivity contribution in [3.05, 3.63) is 125 Å². The van der Waals surface area contributed by atoms with E-state index in [4.69, 9.17) is 11.6 Å². The molecule has 1 fully saturated rings. The molecular weight excluding hydrogens is 492 g/mol. The van der Waals surface area contributed by atoms with E-state index in [-0.39, 0.29) is 5.57 Å². The SMILES string of the molecule is O=C1C(=Cc2ccc(Sc3ccc(Cl)cc3)cc2)C(=O)N(c2ccccc2)C(=O)N1c1ccccc1. The third kappa shape index (κ3) is 4.82. The molecule has 0 N–H and O–H groups in total. The van der Waals surface area contributed by atoms with Gasteiger partial charge in [0.2, 0.25) is 0 Å². The standard InChI is InChI=1S/C29H19ClN2O3S/c30-21-13-17-25(18-14-21)36-24-15-11-20(12-16-24)19-26-27(33)31(22-7-3-1-4-8-22)29(35)32(28(26)34)23-9-5-2-6-10-23/h1-19H. The molecule has 4 aromatic carbocycles. The predicted octanol–water partition coefficient (Wildman–Crippen LogP) is 7.07. The third-order valence-corrected chi connectivity index (χ3v) is 6.79. The largest absolute Gasteiger partial charge is 0.343 e. The number of amides is 4. The second kappa shape index (κ2) is 10.2. The van der Waals surface area contributed by atoms with Crippen LogP contribution in [-0.2, 0) is 9.59 Å². The van der Waals surface area contributed by atoms with E-state index in [1.807, 2.05) is 48.5 Å². The summed E-state index contributed by atoms with van der Waals surface area (Å²) in [5.74, 6) is -1.33. The van der Waals surface area contributed by atoms with Crippen LogP contribution in [0.2, 0.25) is 5.02 Å². The van der Waals surface area contributed by atoms with Crippen LogP contribution >= 0.6 is 23.4 Å². The lowest BCUT2D eigenvalue weighted by Gasteiger charge is -2.33. The van der Waals surface area contributed by atoms with Crippen molar-refractivity contribution in [1.29, 1.82) is 0 Å². The number of hydrogen-bond donors (Lipinski definition) is 0. The summed E-state index contributed by atoms with van der Waals surface area (Å²) in [6.45, 7) is 0. The van der Waals surface area contributed by atoms with Crippen LogP contribution < -0.4 is 9.80 Å². The molecule has 1 heterocycles. The monoisotopic (exact) mass is 510 g/mol. The minimum atomic E-state index is -0.714. The van der Waals surface area contributed by atoms with Crippen LogP contribution in [0.5, 0.6) is 0 Å². The molecule has 0 saturated carbocycles. The number of imide groups is 2. The number of urea groups is 1. The molecule has 0 radical (unpaired) electrons. The Bertz CT molecular complexity index is 1390. The van der Waals surface area contributed by atoms with Gasteiger partial charge in [-0.1, -0.05) is 71.9 Å². The minimum absolute atomic E-state index is 0.0968. The van der Waals surface area contributed by atoms with Crippen molar-refractivity contribution in [3.8, 4) is 0 Å². The summed E-state index contributed by atoms with van der Waals surface area (Å²) >= 11 is 7.53. The summed E-state index contributed by atoms with van der Waals surface area (Å²) in [5, 5.41) is 0.677. The molecule has 5 rings (SSSR count). The fraction of sp³-hybridized carbons (Fsp3) is 0. The summed E-state index contributed by atoms with van der Waals surface area (Å²) in [4.78, 5) is 44.3. The molecule has 1 aliphatic rings. The van der Waals surface area contributed by atoms with Crippen molar-refractivity contribution in [2.24, 2.45) is 0 Å². The number of anilines is 2. The number of halogens is 1. The van der Waals surface area contributed by atoms with Gasteiger partial charge in [-0.15, -0.1) is 0 Å². The molecular formula is C29H19ClN2O3S. The number of hydrogen-bond acceptors (Lipinski definition) is 4. The Morgan fingerprint density at radius 1 is 0.583 bits per heavy atom. The van der Waals surface area contributed by atoms with E-state index in [9.17, 15) is 14.4 Å². The normalized spacial score (nSPS) is 13.8. The predicted molar refractivity (Wildman–Crippen MR) is 143 cm³/mol. The van der Waals surface area contributed by atoms with Gasteiger partial charge in [-0.2, -0.15) is 0 Å². The highest BCUT2D eigenvalue weighted by atomic mass is 35.5. The zero-order chi connectivity index (χ0) is 25.1. The number of barbiturate groups is 1. The quantitative estimate of drug-likeness (QED) is 0.213. The lowest BCUT2D eigenvalue weighted by atomic mass is 10.0. The number of carbonyl (C=O) groups excluding carboxylic acids is 3. The van der Waals surface area contributed by atoms with Gasteiger partial charge in [-0.05, 0) is 72.3 Å². The molecule has 176 valence electrons. The first-order valence-corrected chi connectivity index (χ1v) is 12.3. The third-order valence-electron chi connectivity index (χ3n) is 5.52. The van der Waals surface area contributed by atoms with Crippen molar-refractivity contribution in [1.82, 2.24) is 0 Å². The van der Waals surface area contributed by atoms with E-state index in [2.05, 4.69) is 0 Å². The molecule has 1 aliphatic heterocycles. The zero-order valence-corrected chi connectivity index (χ0v) is 20.4. The summed E-state index contributed by atoms with van der Waals surface area (Å²) in [6, 6.07) is 31.5. The van der Waals surface area contributed by atoms with Crippen LogP contribution in [-0.4, -0.2) is 17.8 Å². The van der Waals surface area contributed by atoms with Crippen LogP contribution in [0.3, 0.4) is 0 Å². The summed E-state index contributed by atoms with van der Waals surface area (Å²) in [7, 11) is 0. The van der Waals surface area contributed by atoms with Gasteiger partial charge >= 0.3 is 6.03 Å². The topological polar surface area (TPSA) is 57.7 Å². The van der Waals surface area contributed by atoms with E-state index < -0.39 is 17.8 Å². The number of benzene rings is 4. The highest BCUT2D eigenvalue weighted by Crippen LogP contribution is 2.31. The highest BCUT2D eigenvalue weighted by Gasteiger charge is 2.43. The maximum Gasteiger partial charge on any atom is 0.343 e. The maximum absolute atomic E-state index is 13.4. The fourth-order valence-corrected chi connectivity index (χ4v) is 4.72. The Balaban J connectivity index is 1.50. The Morgan fingerprint density at radius 2 is 1.03 bits per heavy atom. The number of carbonyl (C=O) groups is 3. The molecule has 0 aromatic heterocycles. The van der Waals surface area contributed by atoms with Crippen LogP contribution in [0.1, 0.15) is 5.56 Å². The van der Waals surface area contributed by atoms with Crippen LogP contribution in [0.4, 0.5) is 16.2 Å². The van der Waals surface area contributed by atoms with Gasteiger partial charge in [0.15, 0.2) is 0 Å². The Hall–Kier alpha value is -4.13. The van der Waals surface area contributed by atoms with E-state index in [1.165, 1.54) is 6.08 Å². The summed E-state index contributed by atoms with van der Waals surface area (Å²) in [5.41, 5.74) is 1.35. The van der Waals surface area contributed by atoms with E-state index >= 15 is 0 Å². The molecule has 0 bridgehead atoms. The second-order valence-electron chi connectivity index (χ2n) is 7.92.